The molecule has 0 spiro atoms. The van der Waals surface area contributed by atoms with Crippen molar-refractivity contribution in [1.82, 2.24) is 0 Å². The minimum absolute atomic E-state index is 1.04. The Labute approximate surface area is 44.1 Å². The van der Waals surface area contributed by atoms with Gasteiger partial charge in [-0.2, -0.15) is 0 Å². The van der Waals surface area contributed by atoms with E-state index in [1.807, 2.05) is 6.92 Å². The molecule has 0 aromatic carbocycles. The molecule has 0 N–H and O–H groups in total. The lowest BCUT2D eigenvalue weighted by Gasteiger charge is -1.79. The second-order valence-electron chi connectivity index (χ2n) is 1.26. The highest BCUT2D eigenvalue weighted by molar-refractivity contribution is 5.27. The largest absolute Gasteiger partial charge is 0.272 e. The molecule has 0 aromatic heterocycles. The second-order valence-corrected chi connectivity index (χ2v) is 1.26. The molecule has 0 rings (SSSR count). The van der Waals surface area contributed by atoms with Crippen LogP contribution >= 0.6 is 0 Å². The normalized spacial score (nSPS) is 10.7. The van der Waals surface area contributed by atoms with Gasteiger partial charge in [0.05, 0.1) is 0 Å². The SMILES string of the molecule is C=C/C(C)=C/N=C. The van der Waals surface area contributed by atoms with Crippen molar-refractivity contribution in [2.45, 2.75) is 6.92 Å². The maximum Gasteiger partial charge on any atom is 0.0289 e. The number of aliphatic imine (C=N–C) groups is 1. The average molecular weight is 95.1 g/mol. The molecule has 0 aliphatic heterocycles. The molecule has 0 aliphatic carbocycles. The van der Waals surface area contributed by atoms with E-state index in [0.717, 1.165) is 5.57 Å². The highest BCUT2D eigenvalue weighted by atomic mass is 14.6. The van der Waals surface area contributed by atoms with Gasteiger partial charge in [-0.3, -0.25) is 4.99 Å². The lowest BCUT2D eigenvalue weighted by Crippen LogP contribution is -1.59. The topological polar surface area (TPSA) is 12.4 Å². The summed E-state index contributed by atoms with van der Waals surface area (Å²) in [5.74, 6) is 0. The van der Waals surface area contributed by atoms with Gasteiger partial charge in [0.1, 0.15) is 0 Å². The van der Waals surface area contributed by atoms with Gasteiger partial charge in [-0.15, -0.1) is 0 Å². The van der Waals surface area contributed by atoms with Crippen molar-refractivity contribution in [3.63, 3.8) is 0 Å². The Kier molecular flexibility index (Phi) is 2.94. The third-order valence-corrected chi connectivity index (χ3v) is 0.617. The minimum atomic E-state index is 1.04. The van der Waals surface area contributed by atoms with Crippen LogP contribution in [-0.2, 0) is 0 Å². The Hall–Kier alpha value is -0.850. The molecular formula is C6H9N. The van der Waals surface area contributed by atoms with E-state index in [4.69, 9.17) is 0 Å². The molecule has 38 valence electrons. The summed E-state index contributed by atoms with van der Waals surface area (Å²) >= 11 is 0. The van der Waals surface area contributed by atoms with Gasteiger partial charge in [0.25, 0.3) is 0 Å². The number of nitrogens with zero attached hydrogens (tertiary/aromatic N) is 1. The van der Waals surface area contributed by atoms with Crippen molar-refractivity contribution in [2.75, 3.05) is 0 Å². The van der Waals surface area contributed by atoms with Crippen LogP contribution in [0.1, 0.15) is 6.92 Å². The van der Waals surface area contributed by atoms with Crippen LogP contribution in [0.5, 0.6) is 0 Å². The third kappa shape index (κ3) is 2.97. The van der Waals surface area contributed by atoms with Gasteiger partial charge in [0, 0.05) is 6.20 Å². The van der Waals surface area contributed by atoms with Crippen molar-refractivity contribution in [3.05, 3.63) is 24.4 Å². The molecule has 7 heavy (non-hydrogen) atoms. The molecule has 0 saturated carbocycles. The molecule has 0 radical (unpaired) electrons. The van der Waals surface area contributed by atoms with E-state index in [1.165, 1.54) is 0 Å². The zero-order valence-electron chi connectivity index (χ0n) is 4.52. The standard InChI is InChI=1S/C6H9N/c1-4-6(2)5-7-3/h4-5H,1,3H2,2H3/b6-5+. The van der Waals surface area contributed by atoms with E-state index in [2.05, 4.69) is 18.3 Å². The predicted molar refractivity (Wildman–Crippen MR) is 33.5 cm³/mol. The molecular weight excluding hydrogens is 86.1 g/mol. The highest BCUT2D eigenvalue weighted by Crippen LogP contribution is 1.89. The molecule has 1 nitrogen and oxygen atoms in total. The number of hydrogen-bond acceptors (Lipinski definition) is 1. The van der Waals surface area contributed by atoms with Crippen LogP contribution in [0.4, 0.5) is 0 Å². The van der Waals surface area contributed by atoms with E-state index in [-0.39, 0.29) is 0 Å². The predicted octanol–water partition coefficient (Wildman–Crippen LogP) is 1.78. The van der Waals surface area contributed by atoms with Gasteiger partial charge in [-0.05, 0) is 19.2 Å². The van der Waals surface area contributed by atoms with E-state index in [0.29, 0.717) is 0 Å². The van der Waals surface area contributed by atoms with Crippen molar-refractivity contribution in [2.24, 2.45) is 4.99 Å². The molecule has 0 heterocycles. The first-order chi connectivity index (χ1) is 3.31. The number of hydrogen-bond donors (Lipinski definition) is 0. The van der Waals surface area contributed by atoms with E-state index in [1.54, 1.807) is 12.3 Å². The van der Waals surface area contributed by atoms with Gasteiger partial charge in [-0.1, -0.05) is 12.7 Å². The first-order valence-electron chi connectivity index (χ1n) is 2.06. The van der Waals surface area contributed by atoms with Crippen LogP contribution in [-0.4, -0.2) is 6.72 Å². The molecule has 0 unspecified atom stereocenters. The summed E-state index contributed by atoms with van der Waals surface area (Å²) < 4.78 is 0. The molecule has 0 amide bonds. The molecule has 0 saturated heterocycles. The first-order valence-corrected chi connectivity index (χ1v) is 2.06. The van der Waals surface area contributed by atoms with Crippen LogP contribution in [0.15, 0.2) is 29.4 Å². The fourth-order valence-electron chi connectivity index (χ4n) is 0.197. The maximum atomic E-state index is 3.52. The summed E-state index contributed by atoms with van der Waals surface area (Å²) in [7, 11) is 0. The molecule has 0 fully saturated rings. The van der Waals surface area contributed by atoms with Crippen LogP contribution in [0.3, 0.4) is 0 Å². The molecule has 0 aliphatic rings. The van der Waals surface area contributed by atoms with Gasteiger partial charge < -0.3 is 0 Å². The summed E-state index contributed by atoms with van der Waals surface area (Å²) in [5, 5.41) is 0. The van der Waals surface area contributed by atoms with Crippen molar-refractivity contribution < 1.29 is 0 Å². The van der Waals surface area contributed by atoms with E-state index >= 15 is 0 Å². The zero-order valence-corrected chi connectivity index (χ0v) is 4.52. The van der Waals surface area contributed by atoms with Gasteiger partial charge in [-0.25, -0.2) is 0 Å². The lowest BCUT2D eigenvalue weighted by molar-refractivity contribution is 1.45. The molecule has 0 bridgehead atoms. The summed E-state index contributed by atoms with van der Waals surface area (Å²) in [5.41, 5.74) is 1.04. The van der Waals surface area contributed by atoms with Crippen LogP contribution < -0.4 is 0 Å². The smallest absolute Gasteiger partial charge is 0.0289 e. The Balaban J connectivity index is 3.72. The van der Waals surface area contributed by atoms with Gasteiger partial charge in [0.2, 0.25) is 0 Å². The number of allylic oxidation sites excluding steroid dienone is 2. The second kappa shape index (κ2) is 3.34. The zero-order chi connectivity index (χ0) is 5.70. The maximum absolute atomic E-state index is 3.52. The molecule has 0 aromatic rings. The third-order valence-electron chi connectivity index (χ3n) is 0.617. The Morgan fingerprint density at radius 2 is 2.29 bits per heavy atom. The fourth-order valence-corrected chi connectivity index (χ4v) is 0.197. The molecule has 1 heteroatoms. The van der Waals surface area contributed by atoms with Crippen molar-refractivity contribution >= 4 is 6.72 Å². The van der Waals surface area contributed by atoms with Crippen LogP contribution in [0.25, 0.3) is 0 Å². The fraction of sp³-hybridized carbons (Fsp3) is 0.167. The first kappa shape index (κ1) is 6.15. The number of rotatable bonds is 2. The van der Waals surface area contributed by atoms with Crippen molar-refractivity contribution in [3.8, 4) is 0 Å². The summed E-state index contributed by atoms with van der Waals surface area (Å²) in [6, 6.07) is 0. The Bertz CT molecular complexity index is 101. The summed E-state index contributed by atoms with van der Waals surface area (Å²) in [6.45, 7) is 8.72. The Morgan fingerprint density at radius 3 is 2.43 bits per heavy atom. The summed E-state index contributed by atoms with van der Waals surface area (Å²) in [6.07, 6.45) is 3.39. The summed E-state index contributed by atoms with van der Waals surface area (Å²) in [4.78, 5) is 3.52. The van der Waals surface area contributed by atoms with Gasteiger partial charge >= 0.3 is 0 Å². The highest BCUT2D eigenvalue weighted by Gasteiger charge is 1.69. The van der Waals surface area contributed by atoms with E-state index in [9.17, 15) is 0 Å². The van der Waals surface area contributed by atoms with Crippen LogP contribution in [0.2, 0.25) is 0 Å². The quantitative estimate of drug-likeness (QED) is 0.366. The molecule has 0 atom stereocenters. The minimum Gasteiger partial charge on any atom is -0.272 e. The monoisotopic (exact) mass is 95.1 g/mol. The van der Waals surface area contributed by atoms with E-state index < -0.39 is 0 Å². The average Bonchev–Trinajstić information content (AvgIpc) is 1.68. The van der Waals surface area contributed by atoms with Gasteiger partial charge in [0.15, 0.2) is 0 Å². The van der Waals surface area contributed by atoms with Crippen molar-refractivity contribution in [1.29, 1.82) is 0 Å². The lowest BCUT2D eigenvalue weighted by atomic mass is 10.3. The van der Waals surface area contributed by atoms with Crippen LogP contribution in [0, 0.1) is 0 Å². The Morgan fingerprint density at radius 1 is 1.71 bits per heavy atom.